The summed E-state index contributed by atoms with van der Waals surface area (Å²) in [6.07, 6.45) is 16.4. The van der Waals surface area contributed by atoms with E-state index in [1.807, 2.05) is 18.2 Å². The number of hydrogen-bond donors (Lipinski definition) is 2. The van der Waals surface area contributed by atoms with Crippen molar-refractivity contribution in [2.45, 2.75) is 115 Å². The zero-order valence-electron chi connectivity index (χ0n) is 21.5. The Hall–Kier alpha value is -1.40. The molecule has 1 aromatic rings. The van der Waals surface area contributed by atoms with Crippen LogP contribution in [0.2, 0.25) is 0 Å². The fourth-order valence-corrected chi connectivity index (χ4v) is 8.88. The van der Waals surface area contributed by atoms with E-state index in [0.717, 1.165) is 42.6 Å². The molecule has 5 rings (SSSR count). The van der Waals surface area contributed by atoms with Crippen molar-refractivity contribution in [2.24, 2.45) is 23.2 Å². The molecule has 4 bridgehead atoms. The van der Waals surface area contributed by atoms with Crippen molar-refractivity contribution in [1.29, 1.82) is 0 Å². The summed E-state index contributed by atoms with van der Waals surface area (Å²) in [4.78, 5) is 13.0. The molecule has 4 aliphatic carbocycles. The maximum Gasteiger partial charge on any atom is 0.272 e. The predicted octanol–water partition coefficient (Wildman–Crippen LogP) is 6.98. The molecule has 1 unspecified atom stereocenters. The Morgan fingerprint density at radius 1 is 0.971 bits per heavy atom. The van der Waals surface area contributed by atoms with E-state index in [0.29, 0.717) is 24.9 Å². The van der Waals surface area contributed by atoms with Crippen molar-refractivity contribution in [3.63, 3.8) is 0 Å². The number of carbonyl (C=O) groups is 1. The van der Waals surface area contributed by atoms with Gasteiger partial charge in [-0.05, 0) is 79.2 Å². The summed E-state index contributed by atoms with van der Waals surface area (Å²) in [7, 11) is -4.23. The third kappa shape index (κ3) is 7.09. The van der Waals surface area contributed by atoms with Crippen molar-refractivity contribution < 1.29 is 17.8 Å². The molecule has 0 saturated heterocycles. The zero-order valence-corrected chi connectivity index (χ0v) is 22.3. The van der Waals surface area contributed by atoms with Crippen LogP contribution in [0.25, 0.3) is 0 Å². The minimum Gasteiger partial charge on any atom is -0.352 e. The average molecular weight is 504 g/mol. The number of carbonyl (C=O) groups excluding carboxylic acids is 1. The maximum atomic E-state index is 13.0. The van der Waals surface area contributed by atoms with Gasteiger partial charge in [-0.25, -0.2) is 0 Å². The first-order valence-electron chi connectivity index (χ1n) is 14.1. The lowest BCUT2D eigenvalue weighted by Gasteiger charge is -2.56. The van der Waals surface area contributed by atoms with Gasteiger partial charge >= 0.3 is 0 Å². The Morgan fingerprint density at radius 3 is 2.14 bits per heavy atom. The SMILES string of the molecule is CCCCCCCCCC(c1ccccc1CNC(=O)CC12CC3CC(CC(C3)C1)C2)S(=O)(=O)O. The summed E-state index contributed by atoms with van der Waals surface area (Å²) in [5.74, 6) is 2.53. The quantitative estimate of drug-likeness (QED) is 0.212. The third-order valence-electron chi connectivity index (χ3n) is 9.01. The molecule has 1 atom stereocenters. The molecule has 5 nitrogen and oxygen atoms in total. The average Bonchev–Trinajstić information content (AvgIpc) is 2.78. The first-order chi connectivity index (χ1) is 16.8. The van der Waals surface area contributed by atoms with Crippen LogP contribution < -0.4 is 5.32 Å². The number of nitrogens with one attached hydrogen (secondary N) is 1. The van der Waals surface area contributed by atoms with Gasteiger partial charge in [0.05, 0.1) is 0 Å². The fraction of sp³-hybridized carbons (Fsp3) is 0.759. The molecule has 1 aromatic carbocycles. The first kappa shape index (κ1) is 26.7. The Bertz CT molecular complexity index is 922. The molecule has 0 aliphatic heterocycles. The minimum absolute atomic E-state index is 0.0808. The molecular weight excluding hydrogens is 458 g/mol. The van der Waals surface area contributed by atoms with Gasteiger partial charge in [0.1, 0.15) is 5.25 Å². The predicted molar refractivity (Wildman–Crippen MR) is 140 cm³/mol. The van der Waals surface area contributed by atoms with Crippen LogP contribution in [0, 0.1) is 23.2 Å². The van der Waals surface area contributed by atoms with Crippen molar-refractivity contribution >= 4 is 16.0 Å². The van der Waals surface area contributed by atoms with Crippen LogP contribution in [0.1, 0.15) is 120 Å². The molecule has 1 amide bonds. The monoisotopic (exact) mass is 503 g/mol. The van der Waals surface area contributed by atoms with Gasteiger partial charge < -0.3 is 5.32 Å². The Morgan fingerprint density at radius 2 is 1.54 bits per heavy atom. The van der Waals surface area contributed by atoms with Crippen LogP contribution in [0.15, 0.2) is 24.3 Å². The Labute approximate surface area is 212 Å². The summed E-state index contributed by atoms with van der Waals surface area (Å²) in [5.41, 5.74) is 1.60. The van der Waals surface area contributed by atoms with Crippen LogP contribution in [0.4, 0.5) is 0 Å². The molecule has 2 N–H and O–H groups in total. The molecule has 6 heteroatoms. The van der Waals surface area contributed by atoms with E-state index >= 15 is 0 Å². The number of unbranched alkanes of at least 4 members (excludes halogenated alkanes) is 6. The summed E-state index contributed by atoms with van der Waals surface area (Å²) < 4.78 is 34.7. The topological polar surface area (TPSA) is 83.5 Å². The van der Waals surface area contributed by atoms with E-state index in [4.69, 9.17) is 0 Å². The van der Waals surface area contributed by atoms with Gasteiger partial charge in [-0.1, -0.05) is 76.1 Å². The van der Waals surface area contributed by atoms with Crippen LogP contribution in [-0.4, -0.2) is 18.9 Å². The van der Waals surface area contributed by atoms with Crippen molar-refractivity contribution in [2.75, 3.05) is 0 Å². The second-order valence-corrected chi connectivity index (χ2v) is 13.6. The fourth-order valence-electron chi connectivity index (χ4n) is 7.86. The molecule has 0 aromatic heterocycles. The van der Waals surface area contributed by atoms with E-state index in [-0.39, 0.29) is 11.3 Å². The lowest BCUT2D eigenvalue weighted by Crippen LogP contribution is -2.48. The standard InChI is InChI=1S/C29H45NO4S/c1-2-3-4-5-6-7-8-13-27(35(32,33)34)26-12-10-9-11-25(26)21-30-28(31)20-29-17-22-14-23(18-29)16-24(15-22)19-29/h9-12,22-24,27H,2-8,13-21H2,1H3,(H,30,31)(H,32,33,34). The van der Waals surface area contributed by atoms with Crippen LogP contribution in [0.5, 0.6) is 0 Å². The number of benzene rings is 1. The van der Waals surface area contributed by atoms with Crippen LogP contribution >= 0.6 is 0 Å². The molecule has 4 aliphatic rings. The van der Waals surface area contributed by atoms with Gasteiger partial charge in [0, 0.05) is 13.0 Å². The van der Waals surface area contributed by atoms with Crippen molar-refractivity contribution in [3.8, 4) is 0 Å². The lowest BCUT2D eigenvalue weighted by molar-refractivity contribution is -0.129. The number of rotatable bonds is 14. The smallest absolute Gasteiger partial charge is 0.272 e. The normalized spacial score (nSPS) is 28.2. The van der Waals surface area contributed by atoms with Crippen LogP contribution in [-0.2, 0) is 21.5 Å². The van der Waals surface area contributed by atoms with Gasteiger partial charge in [0.25, 0.3) is 10.1 Å². The summed E-state index contributed by atoms with van der Waals surface area (Å²) >= 11 is 0. The van der Waals surface area contributed by atoms with Gasteiger partial charge in [-0.2, -0.15) is 8.42 Å². The van der Waals surface area contributed by atoms with E-state index in [9.17, 15) is 17.8 Å². The number of hydrogen-bond acceptors (Lipinski definition) is 3. The molecule has 0 radical (unpaired) electrons. The molecule has 4 saturated carbocycles. The Balaban J connectivity index is 1.33. The second kappa shape index (κ2) is 11.8. The lowest BCUT2D eigenvalue weighted by atomic mass is 9.49. The van der Waals surface area contributed by atoms with Crippen molar-refractivity contribution in [1.82, 2.24) is 5.32 Å². The summed E-state index contributed by atoms with van der Waals surface area (Å²) in [6, 6.07) is 7.36. The van der Waals surface area contributed by atoms with Gasteiger partial charge in [-0.15, -0.1) is 0 Å². The largest absolute Gasteiger partial charge is 0.352 e. The molecule has 0 heterocycles. The summed E-state index contributed by atoms with van der Waals surface area (Å²) in [6.45, 7) is 2.50. The highest BCUT2D eigenvalue weighted by Gasteiger charge is 2.51. The van der Waals surface area contributed by atoms with E-state index in [1.165, 1.54) is 64.2 Å². The van der Waals surface area contributed by atoms with Crippen LogP contribution in [0.3, 0.4) is 0 Å². The molecule has 0 spiro atoms. The minimum atomic E-state index is -4.23. The van der Waals surface area contributed by atoms with Gasteiger partial charge in [-0.3, -0.25) is 9.35 Å². The van der Waals surface area contributed by atoms with E-state index in [2.05, 4.69) is 12.2 Å². The third-order valence-corrected chi connectivity index (χ3v) is 10.2. The maximum absolute atomic E-state index is 13.0. The van der Waals surface area contributed by atoms with E-state index in [1.54, 1.807) is 6.07 Å². The molecule has 4 fully saturated rings. The highest BCUT2D eigenvalue weighted by Crippen LogP contribution is 2.61. The highest BCUT2D eigenvalue weighted by atomic mass is 32.2. The second-order valence-electron chi connectivity index (χ2n) is 12.0. The molecular formula is C29H45NO4S. The first-order valence-corrected chi connectivity index (χ1v) is 15.6. The highest BCUT2D eigenvalue weighted by molar-refractivity contribution is 7.86. The Kier molecular flexibility index (Phi) is 8.96. The molecule has 35 heavy (non-hydrogen) atoms. The summed E-state index contributed by atoms with van der Waals surface area (Å²) in [5, 5.41) is 2.17. The van der Waals surface area contributed by atoms with E-state index < -0.39 is 15.4 Å². The zero-order chi connectivity index (χ0) is 24.9. The number of amides is 1. The van der Waals surface area contributed by atoms with Gasteiger partial charge in [0.2, 0.25) is 5.91 Å². The van der Waals surface area contributed by atoms with Gasteiger partial charge in [0.15, 0.2) is 0 Å². The van der Waals surface area contributed by atoms with Crippen molar-refractivity contribution in [3.05, 3.63) is 35.4 Å². The molecule has 196 valence electrons.